The van der Waals surface area contributed by atoms with Gasteiger partial charge in [0.2, 0.25) is 10.0 Å². The van der Waals surface area contributed by atoms with Gasteiger partial charge in [0.15, 0.2) is 0 Å². The van der Waals surface area contributed by atoms with Gasteiger partial charge < -0.3 is 5.73 Å². The van der Waals surface area contributed by atoms with E-state index in [0.29, 0.717) is 11.6 Å². The molecule has 1 aromatic carbocycles. The highest BCUT2D eigenvalue weighted by molar-refractivity contribution is 7.89. The van der Waals surface area contributed by atoms with E-state index in [1.807, 2.05) is 6.92 Å². The lowest BCUT2D eigenvalue weighted by molar-refractivity contribution is 0.424. The van der Waals surface area contributed by atoms with Gasteiger partial charge in [-0.3, -0.25) is 0 Å². The summed E-state index contributed by atoms with van der Waals surface area (Å²) in [6, 6.07) is 4.33. The lowest BCUT2D eigenvalue weighted by atomic mass is 10.0. The minimum absolute atomic E-state index is 0.0520. The molecule has 0 saturated heterocycles. The number of anilines is 1. The Morgan fingerprint density at radius 2 is 2.00 bits per heavy atom. The molecular formula is C13H19ClN2O2S. The van der Waals surface area contributed by atoms with Crippen LogP contribution in [-0.4, -0.2) is 14.5 Å². The predicted molar refractivity (Wildman–Crippen MR) is 77.6 cm³/mol. The van der Waals surface area contributed by atoms with Crippen LogP contribution in [0.25, 0.3) is 0 Å². The molecule has 0 radical (unpaired) electrons. The van der Waals surface area contributed by atoms with Crippen LogP contribution in [0.15, 0.2) is 23.1 Å². The van der Waals surface area contributed by atoms with E-state index in [2.05, 4.69) is 4.72 Å². The zero-order valence-corrected chi connectivity index (χ0v) is 12.5. The summed E-state index contributed by atoms with van der Waals surface area (Å²) in [6.07, 6.45) is 4.55. The Morgan fingerprint density at radius 1 is 1.37 bits per heavy atom. The quantitative estimate of drug-likeness (QED) is 0.840. The van der Waals surface area contributed by atoms with Crippen molar-refractivity contribution in [2.45, 2.75) is 43.5 Å². The Hall–Kier alpha value is -0.780. The van der Waals surface area contributed by atoms with Crippen LogP contribution in [0.3, 0.4) is 0 Å². The summed E-state index contributed by atoms with van der Waals surface area (Å²) in [4.78, 5) is 0.163. The van der Waals surface area contributed by atoms with Crippen molar-refractivity contribution in [1.82, 2.24) is 4.72 Å². The van der Waals surface area contributed by atoms with Crippen molar-refractivity contribution in [2.75, 3.05) is 5.73 Å². The average Bonchev–Trinajstić information content (AvgIpc) is 2.85. The van der Waals surface area contributed by atoms with Gasteiger partial charge in [0.05, 0.1) is 15.6 Å². The summed E-state index contributed by atoms with van der Waals surface area (Å²) < 4.78 is 27.2. The Kier molecular flexibility index (Phi) is 4.38. The molecule has 4 nitrogen and oxygen atoms in total. The van der Waals surface area contributed by atoms with E-state index in [1.54, 1.807) is 0 Å². The van der Waals surface area contributed by atoms with Crippen LogP contribution in [0, 0.1) is 5.92 Å². The van der Waals surface area contributed by atoms with E-state index < -0.39 is 10.0 Å². The number of halogens is 1. The van der Waals surface area contributed by atoms with Gasteiger partial charge in [0.25, 0.3) is 0 Å². The lowest BCUT2D eigenvalue weighted by Crippen LogP contribution is -2.37. The van der Waals surface area contributed by atoms with E-state index in [9.17, 15) is 8.42 Å². The van der Waals surface area contributed by atoms with Crippen LogP contribution in [0.5, 0.6) is 0 Å². The molecule has 0 aliphatic heterocycles. The van der Waals surface area contributed by atoms with Gasteiger partial charge in [0, 0.05) is 6.04 Å². The smallest absolute Gasteiger partial charge is 0.240 e. The third-order valence-corrected chi connectivity index (χ3v) is 5.61. The molecule has 1 atom stereocenters. The van der Waals surface area contributed by atoms with Crippen molar-refractivity contribution in [1.29, 1.82) is 0 Å². The first-order chi connectivity index (χ1) is 8.90. The highest BCUT2D eigenvalue weighted by Crippen LogP contribution is 2.29. The molecule has 2 rings (SSSR count). The van der Waals surface area contributed by atoms with Gasteiger partial charge in [-0.15, -0.1) is 0 Å². The van der Waals surface area contributed by atoms with Crippen LogP contribution < -0.4 is 10.5 Å². The Bertz CT molecular complexity index is 554. The minimum atomic E-state index is -3.53. The van der Waals surface area contributed by atoms with Crippen LogP contribution in [0.2, 0.25) is 5.02 Å². The summed E-state index contributed by atoms with van der Waals surface area (Å²) in [5, 5.41) is 0.261. The fraction of sp³-hybridized carbons (Fsp3) is 0.538. The Balaban J connectivity index is 2.15. The molecule has 3 N–H and O–H groups in total. The van der Waals surface area contributed by atoms with E-state index >= 15 is 0 Å². The molecule has 1 fully saturated rings. The normalized spacial score (nSPS) is 18.6. The number of benzene rings is 1. The largest absolute Gasteiger partial charge is 0.398 e. The van der Waals surface area contributed by atoms with Crippen LogP contribution in [-0.2, 0) is 10.0 Å². The number of nitrogen functional groups attached to an aromatic ring is 1. The first kappa shape index (κ1) is 14.6. The molecule has 0 amide bonds. The van der Waals surface area contributed by atoms with Gasteiger partial charge in [-0.1, -0.05) is 24.4 Å². The first-order valence-corrected chi connectivity index (χ1v) is 8.33. The first-order valence-electron chi connectivity index (χ1n) is 6.47. The predicted octanol–water partition coefficient (Wildman–Crippen LogP) is 2.78. The number of nitrogens with one attached hydrogen (secondary N) is 1. The molecular weight excluding hydrogens is 284 g/mol. The van der Waals surface area contributed by atoms with Crippen molar-refractivity contribution in [2.24, 2.45) is 5.92 Å². The Morgan fingerprint density at radius 3 is 2.58 bits per heavy atom. The summed E-state index contributed by atoms with van der Waals surface area (Å²) in [5.74, 6) is 0.430. The number of sulfonamides is 1. The second kappa shape index (κ2) is 5.69. The molecule has 1 aliphatic rings. The summed E-state index contributed by atoms with van der Waals surface area (Å²) >= 11 is 5.87. The minimum Gasteiger partial charge on any atom is -0.398 e. The summed E-state index contributed by atoms with van der Waals surface area (Å²) in [7, 11) is -3.53. The van der Waals surface area contributed by atoms with Crippen LogP contribution >= 0.6 is 11.6 Å². The molecule has 0 bridgehead atoms. The third kappa shape index (κ3) is 3.41. The molecule has 0 spiro atoms. The molecule has 19 heavy (non-hydrogen) atoms. The molecule has 1 unspecified atom stereocenters. The van der Waals surface area contributed by atoms with Gasteiger partial charge in [-0.05, 0) is 43.9 Å². The molecule has 6 heteroatoms. The van der Waals surface area contributed by atoms with Crippen LogP contribution in [0.4, 0.5) is 5.69 Å². The van der Waals surface area contributed by atoms with Crippen molar-refractivity contribution in [3.63, 3.8) is 0 Å². The lowest BCUT2D eigenvalue weighted by Gasteiger charge is -2.20. The highest BCUT2D eigenvalue weighted by Gasteiger charge is 2.26. The van der Waals surface area contributed by atoms with Gasteiger partial charge in [0.1, 0.15) is 0 Å². The van der Waals surface area contributed by atoms with Crippen molar-refractivity contribution in [3.8, 4) is 0 Å². The zero-order valence-electron chi connectivity index (χ0n) is 10.9. The van der Waals surface area contributed by atoms with Crippen molar-refractivity contribution >= 4 is 27.3 Å². The molecule has 0 aromatic heterocycles. The molecule has 106 valence electrons. The molecule has 1 aromatic rings. The molecule has 1 saturated carbocycles. The number of hydrogen-bond donors (Lipinski definition) is 2. The SMILES string of the molecule is CC(NS(=O)(=O)c1ccc(N)c(Cl)c1)C1CCCC1. The standard InChI is InChI=1S/C13H19ClN2O2S/c1-9(10-4-2-3-5-10)16-19(17,18)11-6-7-13(15)12(14)8-11/h6-10,16H,2-5,15H2,1H3. The summed E-state index contributed by atoms with van der Waals surface area (Å²) in [6.45, 7) is 1.92. The number of rotatable bonds is 4. The third-order valence-electron chi connectivity index (χ3n) is 3.73. The van der Waals surface area contributed by atoms with Crippen molar-refractivity contribution in [3.05, 3.63) is 23.2 Å². The second-order valence-electron chi connectivity index (χ2n) is 5.14. The maximum Gasteiger partial charge on any atom is 0.240 e. The van der Waals surface area contributed by atoms with E-state index in [1.165, 1.54) is 31.0 Å². The van der Waals surface area contributed by atoms with E-state index in [0.717, 1.165) is 12.8 Å². The fourth-order valence-electron chi connectivity index (χ4n) is 2.54. The molecule has 0 heterocycles. The topological polar surface area (TPSA) is 72.2 Å². The summed E-state index contributed by atoms with van der Waals surface area (Å²) in [5.41, 5.74) is 5.96. The maximum atomic E-state index is 12.3. The van der Waals surface area contributed by atoms with E-state index in [4.69, 9.17) is 17.3 Å². The van der Waals surface area contributed by atoms with E-state index in [-0.39, 0.29) is 16.0 Å². The van der Waals surface area contributed by atoms with Gasteiger partial charge in [-0.25, -0.2) is 13.1 Å². The maximum absolute atomic E-state index is 12.3. The highest BCUT2D eigenvalue weighted by atomic mass is 35.5. The monoisotopic (exact) mass is 302 g/mol. The number of hydrogen-bond acceptors (Lipinski definition) is 3. The average molecular weight is 303 g/mol. The second-order valence-corrected chi connectivity index (χ2v) is 7.26. The molecule has 1 aliphatic carbocycles. The van der Waals surface area contributed by atoms with Crippen LogP contribution in [0.1, 0.15) is 32.6 Å². The zero-order chi connectivity index (χ0) is 14.0. The Labute approximate surface area is 119 Å². The van der Waals surface area contributed by atoms with Gasteiger partial charge in [-0.2, -0.15) is 0 Å². The fourth-order valence-corrected chi connectivity index (χ4v) is 4.12. The number of nitrogens with two attached hydrogens (primary N) is 1. The van der Waals surface area contributed by atoms with Gasteiger partial charge >= 0.3 is 0 Å². The van der Waals surface area contributed by atoms with Crippen molar-refractivity contribution < 1.29 is 8.42 Å².